The molecule has 0 amide bonds. The second-order valence-electron chi connectivity index (χ2n) is 5.62. The van der Waals surface area contributed by atoms with Crippen molar-refractivity contribution in [1.82, 2.24) is 0 Å². The van der Waals surface area contributed by atoms with Gasteiger partial charge in [0.05, 0.1) is 5.49 Å². The topological polar surface area (TPSA) is 57.5 Å². The monoisotopic (exact) mass is 332 g/mol. The SMILES string of the molecule is CC(C)=CCCC(C)=CCCC(C)=CCSCP(=O)(O)O. The van der Waals surface area contributed by atoms with Crippen LogP contribution in [0.15, 0.2) is 34.9 Å². The summed E-state index contributed by atoms with van der Waals surface area (Å²) in [4.78, 5) is 17.5. The Labute approximate surface area is 133 Å². The van der Waals surface area contributed by atoms with Gasteiger partial charge in [0.1, 0.15) is 0 Å². The zero-order valence-corrected chi connectivity index (χ0v) is 15.3. The Balaban J connectivity index is 3.88. The van der Waals surface area contributed by atoms with Crippen LogP contribution in [-0.2, 0) is 4.57 Å². The summed E-state index contributed by atoms with van der Waals surface area (Å²) in [5.74, 6) is 0.667. The van der Waals surface area contributed by atoms with Crippen molar-refractivity contribution >= 4 is 19.4 Å². The van der Waals surface area contributed by atoms with E-state index in [4.69, 9.17) is 9.79 Å². The third-order valence-corrected chi connectivity index (χ3v) is 5.41. The molecule has 0 aliphatic heterocycles. The molecular formula is C16H29O3PS. The van der Waals surface area contributed by atoms with E-state index in [0.717, 1.165) is 25.7 Å². The Morgan fingerprint density at radius 1 is 0.952 bits per heavy atom. The third kappa shape index (κ3) is 15.9. The molecular weight excluding hydrogens is 303 g/mol. The molecule has 0 aromatic carbocycles. The van der Waals surface area contributed by atoms with Crippen molar-refractivity contribution in [1.29, 1.82) is 0 Å². The van der Waals surface area contributed by atoms with Gasteiger partial charge in [0.15, 0.2) is 0 Å². The quantitative estimate of drug-likeness (QED) is 0.325. The minimum absolute atomic E-state index is 0.0971. The summed E-state index contributed by atoms with van der Waals surface area (Å²) in [6.45, 7) is 8.49. The fourth-order valence-electron chi connectivity index (χ4n) is 1.71. The minimum Gasteiger partial charge on any atom is -0.324 e. The highest BCUT2D eigenvalue weighted by molar-refractivity contribution is 8.04. The van der Waals surface area contributed by atoms with Crippen LogP contribution in [0.1, 0.15) is 53.4 Å². The van der Waals surface area contributed by atoms with Gasteiger partial charge >= 0.3 is 7.60 Å². The van der Waals surface area contributed by atoms with E-state index in [1.165, 1.54) is 28.5 Å². The number of thioether (sulfide) groups is 1. The van der Waals surface area contributed by atoms with Gasteiger partial charge in [-0.05, 0) is 53.4 Å². The molecule has 0 aromatic rings. The van der Waals surface area contributed by atoms with Gasteiger partial charge in [-0.15, -0.1) is 11.8 Å². The van der Waals surface area contributed by atoms with E-state index >= 15 is 0 Å². The molecule has 122 valence electrons. The first-order valence-electron chi connectivity index (χ1n) is 7.27. The summed E-state index contributed by atoms with van der Waals surface area (Å²) in [7, 11) is -3.86. The highest BCUT2D eigenvalue weighted by atomic mass is 32.2. The molecule has 0 heterocycles. The lowest BCUT2D eigenvalue weighted by Gasteiger charge is -2.03. The maximum absolute atomic E-state index is 10.7. The first-order chi connectivity index (χ1) is 9.70. The highest BCUT2D eigenvalue weighted by Gasteiger charge is 2.11. The van der Waals surface area contributed by atoms with E-state index in [1.54, 1.807) is 0 Å². The zero-order chi connectivity index (χ0) is 16.3. The molecule has 0 aromatic heterocycles. The third-order valence-electron chi connectivity index (χ3n) is 2.93. The summed E-state index contributed by atoms with van der Waals surface area (Å²) < 4.78 is 10.7. The molecule has 0 radical (unpaired) electrons. The van der Waals surface area contributed by atoms with Gasteiger partial charge < -0.3 is 9.79 Å². The molecule has 5 heteroatoms. The standard InChI is InChI=1S/C16H29O3PS/c1-14(2)7-5-8-15(3)9-6-10-16(4)11-12-21-13-20(17,18)19/h7,9,11H,5-6,8,10,12-13H2,1-4H3,(H2,17,18,19). The Bertz CT molecular complexity index is 429. The lowest BCUT2D eigenvalue weighted by atomic mass is 10.1. The maximum atomic E-state index is 10.7. The lowest BCUT2D eigenvalue weighted by molar-refractivity contribution is 0.379. The average Bonchev–Trinajstić information content (AvgIpc) is 2.33. The van der Waals surface area contributed by atoms with Crippen molar-refractivity contribution in [3.8, 4) is 0 Å². The van der Waals surface area contributed by atoms with Gasteiger partial charge in [-0.2, -0.15) is 0 Å². The van der Waals surface area contributed by atoms with Crippen LogP contribution in [0, 0.1) is 0 Å². The van der Waals surface area contributed by atoms with E-state index in [0.29, 0.717) is 5.75 Å². The molecule has 0 bridgehead atoms. The van der Waals surface area contributed by atoms with E-state index in [2.05, 4.69) is 45.9 Å². The van der Waals surface area contributed by atoms with Crippen LogP contribution in [0.3, 0.4) is 0 Å². The summed E-state index contributed by atoms with van der Waals surface area (Å²) in [6, 6.07) is 0. The molecule has 0 aliphatic carbocycles. The summed E-state index contributed by atoms with van der Waals surface area (Å²) in [5.41, 5.74) is 3.98. The number of hydrogen-bond donors (Lipinski definition) is 2. The molecule has 0 spiro atoms. The zero-order valence-electron chi connectivity index (χ0n) is 13.6. The van der Waals surface area contributed by atoms with Crippen molar-refractivity contribution in [3.05, 3.63) is 34.9 Å². The lowest BCUT2D eigenvalue weighted by Crippen LogP contribution is -1.85. The van der Waals surface area contributed by atoms with Crippen LogP contribution in [0.25, 0.3) is 0 Å². The Hall–Kier alpha value is -0.280. The first kappa shape index (κ1) is 20.7. The van der Waals surface area contributed by atoms with Crippen LogP contribution in [0.2, 0.25) is 0 Å². The van der Waals surface area contributed by atoms with Gasteiger partial charge in [0.2, 0.25) is 0 Å². The van der Waals surface area contributed by atoms with E-state index in [1.807, 2.05) is 0 Å². The van der Waals surface area contributed by atoms with Crippen molar-refractivity contribution < 1.29 is 14.4 Å². The minimum atomic E-state index is -3.86. The molecule has 0 fully saturated rings. The maximum Gasteiger partial charge on any atom is 0.335 e. The first-order valence-corrected chi connectivity index (χ1v) is 10.2. The molecule has 3 nitrogen and oxygen atoms in total. The van der Waals surface area contributed by atoms with Gasteiger partial charge in [-0.1, -0.05) is 34.9 Å². The van der Waals surface area contributed by atoms with E-state index in [-0.39, 0.29) is 5.49 Å². The average molecular weight is 332 g/mol. The number of allylic oxidation sites excluding steroid dienone is 5. The Kier molecular flexibility index (Phi) is 11.2. The molecule has 0 aliphatic rings. The molecule has 0 atom stereocenters. The highest BCUT2D eigenvalue weighted by Crippen LogP contribution is 2.38. The fraction of sp³-hybridized carbons (Fsp3) is 0.625. The predicted molar refractivity (Wildman–Crippen MR) is 94.8 cm³/mol. The van der Waals surface area contributed by atoms with Crippen LogP contribution in [0.5, 0.6) is 0 Å². The van der Waals surface area contributed by atoms with E-state index in [9.17, 15) is 4.57 Å². The van der Waals surface area contributed by atoms with Crippen molar-refractivity contribution in [2.75, 3.05) is 11.2 Å². The van der Waals surface area contributed by atoms with Gasteiger partial charge in [0, 0.05) is 5.75 Å². The smallest absolute Gasteiger partial charge is 0.324 e. The second kappa shape index (κ2) is 11.3. The van der Waals surface area contributed by atoms with Gasteiger partial charge in [-0.3, -0.25) is 4.57 Å². The number of hydrogen-bond acceptors (Lipinski definition) is 2. The van der Waals surface area contributed by atoms with Crippen molar-refractivity contribution in [2.45, 2.75) is 53.4 Å². The largest absolute Gasteiger partial charge is 0.335 e. The van der Waals surface area contributed by atoms with Crippen LogP contribution in [0.4, 0.5) is 0 Å². The van der Waals surface area contributed by atoms with Crippen LogP contribution >= 0.6 is 19.4 Å². The summed E-state index contributed by atoms with van der Waals surface area (Å²) in [6.07, 6.45) is 10.9. The molecule has 2 N–H and O–H groups in total. The molecule has 0 unspecified atom stereocenters. The molecule has 21 heavy (non-hydrogen) atoms. The molecule has 0 rings (SSSR count). The molecule has 0 saturated carbocycles. The van der Waals surface area contributed by atoms with Gasteiger partial charge in [-0.25, -0.2) is 0 Å². The second-order valence-corrected chi connectivity index (χ2v) is 8.73. The van der Waals surface area contributed by atoms with Crippen LogP contribution < -0.4 is 0 Å². The normalized spacial score (nSPS) is 13.4. The van der Waals surface area contributed by atoms with Crippen molar-refractivity contribution in [2.24, 2.45) is 0 Å². The summed E-state index contributed by atoms with van der Waals surface area (Å²) in [5, 5.41) is 0. The number of rotatable bonds is 10. The van der Waals surface area contributed by atoms with Crippen molar-refractivity contribution in [3.63, 3.8) is 0 Å². The predicted octanol–water partition coefficient (Wildman–Crippen LogP) is 5.27. The van der Waals surface area contributed by atoms with Gasteiger partial charge in [0.25, 0.3) is 0 Å². The van der Waals surface area contributed by atoms with E-state index < -0.39 is 7.60 Å². The molecule has 0 saturated heterocycles. The fourth-order valence-corrected chi connectivity index (χ4v) is 3.49. The summed E-state index contributed by atoms with van der Waals surface area (Å²) >= 11 is 1.28. The Morgan fingerprint density at radius 2 is 1.48 bits per heavy atom. The Morgan fingerprint density at radius 3 is 2.00 bits per heavy atom. The van der Waals surface area contributed by atoms with Crippen LogP contribution in [-0.4, -0.2) is 21.0 Å².